The van der Waals surface area contributed by atoms with Gasteiger partial charge < -0.3 is 15.7 Å². The molecule has 1 aromatic carbocycles. The fraction of sp³-hybridized carbons (Fsp3) is 0.462. The fourth-order valence-electron chi connectivity index (χ4n) is 5.26. The van der Waals surface area contributed by atoms with E-state index in [0.717, 1.165) is 37.4 Å². The molecule has 1 unspecified atom stereocenters. The third-order valence-electron chi connectivity index (χ3n) is 7.22. The number of nitrogens with zero attached hydrogens (tertiary/aromatic N) is 5. The molecule has 2 aromatic heterocycles. The van der Waals surface area contributed by atoms with Gasteiger partial charge in [0.05, 0.1) is 34.6 Å². The number of piperidine rings is 1. The number of aromatic nitrogens is 4. The Morgan fingerprint density at radius 3 is 2.66 bits per heavy atom. The van der Waals surface area contributed by atoms with Gasteiger partial charge in [-0.15, -0.1) is 0 Å². The monoisotopic (exact) mass is 573 g/mol. The van der Waals surface area contributed by atoms with Gasteiger partial charge in [0.25, 0.3) is 0 Å². The molecule has 1 fully saturated rings. The molecule has 4 N–H and O–H groups in total. The van der Waals surface area contributed by atoms with Gasteiger partial charge in [0.2, 0.25) is 5.95 Å². The van der Waals surface area contributed by atoms with Crippen molar-refractivity contribution in [2.45, 2.75) is 67.5 Å². The Morgan fingerprint density at radius 2 is 1.97 bits per heavy atom. The van der Waals surface area contributed by atoms with Crippen LogP contribution in [0, 0.1) is 5.41 Å². The van der Waals surface area contributed by atoms with Crippen molar-refractivity contribution in [3.63, 3.8) is 0 Å². The van der Waals surface area contributed by atoms with Gasteiger partial charge >= 0.3 is 0 Å². The number of aliphatic hydroxyl groups is 1. The van der Waals surface area contributed by atoms with Crippen LogP contribution >= 0.6 is 23.4 Å². The number of nitrogen functional groups attached to an aromatic ring is 1. The Labute approximate surface area is 234 Å². The number of anilines is 2. The minimum absolute atomic E-state index is 0.0283. The van der Waals surface area contributed by atoms with E-state index in [1.54, 1.807) is 18.5 Å². The van der Waals surface area contributed by atoms with Crippen molar-refractivity contribution in [3.8, 4) is 0 Å². The third kappa shape index (κ3) is 5.53. The number of halogens is 1. The lowest BCUT2D eigenvalue weighted by Crippen LogP contribution is -2.48. The van der Waals surface area contributed by atoms with Crippen molar-refractivity contribution in [2.24, 2.45) is 5.41 Å². The van der Waals surface area contributed by atoms with Gasteiger partial charge in [-0.2, -0.15) is 0 Å². The maximum Gasteiger partial charge on any atom is 0.221 e. The van der Waals surface area contributed by atoms with Crippen LogP contribution < -0.4 is 15.4 Å². The van der Waals surface area contributed by atoms with Crippen LogP contribution in [0.1, 0.15) is 56.5 Å². The molecular formula is C26H32ClN7O2S2. The van der Waals surface area contributed by atoms with Crippen molar-refractivity contribution in [3.05, 3.63) is 58.5 Å². The average molecular weight is 574 g/mol. The lowest BCUT2D eigenvalue weighted by molar-refractivity contribution is 0.177. The summed E-state index contributed by atoms with van der Waals surface area (Å²) in [6.45, 7) is 7.24. The molecule has 38 heavy (non-hydrogen) atoms. The third-order valence-corrected chi connectivity index (χ3v) is 9.86. The normalized spacial score (nSPS) is 19.5. The highest BCUT2D eigenvalue weighted by Crippen LogP contribution is 2.53. The maximum absolute atomic E-state index is 13.2. The van der Waals surface area contributed by atoms with Crippen LogP contribution in [0.15, 0.2) is 46.7 Å². The topological polar surface area (TPSA) is 130 Å². The fourth-order valence-corrected chi connectivity index (χ4v) is 7.15. The van der Waals surface area contributed by atoms with Crippen LogP contribution in [0.3, 0.4) is 0 Å². The summed E-state index contributed by atoms with van der Waals surface area (Å²) in [6.07, 6.45) is 5.93. The van der Waals surface area contributed by atoms with Crippen molar-refractivity contribution >= 4 is 46.1 Å². The van der Waals surface area contributed by atoms with Crippen LogP contribution in [-0.2, 0) is 24.0 Å². The number of nitrogens with two attached hydrogens (primary N) is 1. The van der Waals surface area contributed by atoms with E-state index in [4.69, 9.17) is 17.3 Å². The van der Waals surface area contributed by atoms with E-state index in [9.17, 15) is 9.32 Å². The molecule has 5 rings (SSSR count). The van der Waals surface area contributed by atoms with Gasteiger partial charge in [-0.1, -0.05) is 17.7 Å². The van der Waals surface area contributed by atoms with E-state index in [1.807, 2.05) is 32.9 Å². The number of nitrogens with one attached hydrogen (secondary N) is 1. The summed E-state index contributed by atoms with van der Waals surface area (Å²) >= 11 is 7.66. The first-order chi connectivity index (χ1) is 18.1. The summed E-state index contributed by atoms with van der Waals surface area (Å²) in [5, 5.41) is 12.1. The summed E-state index contributed by atoms with van der Waals surface area (Å²) in [6, 6.07) is 7.77. The lowest BCUT2D eigenvalue weighted by Gasteiger charge is -2.44. The zero-order chi connectivity index (χ0) is 27.1. The number of hydrogen-bond donors (Lipinski definition) is 3. The number of hydrogen-bond acceptors (Lipinski definition) is 9. The molecule has 1 aliphatic carbocycles. The molecule has 1 saturated heterocycles. The summed E-state index contributed by atoms with van der Waals surface area (Å²) < 4.78 is 16.3. The second-order valence-electron chi connectivity index (χ2n) is 10.8. The lowest BCUT2D eigenvalue weighted by atomic mass is 9.73. The van der Waals surface area contributed by atoms with Crippen molar-refractivity contribution < 1.29 is 9.32 Å². The molecule has 0 amide bonds. The zero-order valence-electron chi connectivity index (χ0n) is 21.6. The van der Waals surface area contributed by atoms with E-state index in [0.29, 0.717) is 21.6 Å². The molecule has 0 bridgehead atoms. The van der Waals surface area contributed by atoms with Crippen molar-refractivity contribution in [1.29, 1.82) is 0 Å². The second-order valence-corrected chi connectivity index (χ2v) is 14.3. The molecular weight excluding hydrogens is 542 g/mol. The molecule has 2 atom stereocenters. The van der Waals surface area contributed by atoms with Gasteiger partial charge in [-0.25, -0.2) is 28.9 Å². The molecule has 2 aliphatic rings. The highest BCUT2D eigenvalue weighted by molar-refractivity contribution is 7.99. The van der Waals surface area contributed by atoms with Crippen molar-refractivity contribution in [1.82, 2.24) is 24.7 Å². The highest BCUT2D eigenvalue weighted by atomic mass is 35.5. The first kappa shape index (κ1) is 27.3. The smallest absolute Gasteiger partial charge is 0.221 e. The van der Waals surface area contributed by atoms with Crippen molar-refractivity contribution in [2.75, 3.05) is 23.7 Å². The largest absolute Gasteiger partial charge is 0.390 e. The number of aliphatic hydroxyl groups excluding tert-OH is 1. The van der Waals surface area contributed by atoms with Crippen LogP contribution in [0.5, 0.6) is 0 Å². The SMILES string of the molecule is CC(C)(C)S(=O)N[C@@H]1c2ccc(Cl)cc2CC12CCN(c1ncc(Sc3ccnc(N)n3)nc1CO)CC2. The predicted octanol–water partition coefficient (Wildman–Crippen LogP) is 4.08. The van der Waals surface area contributed by atoms with Gasteiger partial charge in [-0.05, 0) is 86.5 Å². The van der Waals surface area contributed by atoms with E-state index in [1.165, 1.54) is 22.9 Å². The Balaban J connectivity index is 1.36. The molecule has 1 aliphatic heterocycles. The first-order valence-corrected chi connectivity index (χ1v) is 14.9. The molecule has 12 heteroatoms. The van der Waals surface area contributed by atoms with Crippen LogP contribution in [0.2, 0.25) is 5.02 Å². The number of rotatable bonds is 6. The molecule has 3 heterocycles. The number of benzene rings is 1. The maximum atomic E-state index is 13.2. The Bertz CT molecular complexity index is 1360. The molecule has 1 spiro atoms. The average Bonchev–Trinajstić information content (AvgIpc) is 3.15. The Morgan fingerprint density at radius 1 is 1.21 bits per heavy atom. The van der Waals surface area contributed by atoms with Gasteiger partial charge in [0.1, 0.15) is 15.7 Å². The van der Waals surface area contributed by atoms with E-state index >= 15 is 0 Å². The molecule has 202 valence electrons. The quantitative estimate of drug-likeness (QED) is 0.373. The van der Waals surface area contributed by atoms with Gasteiger partial charge in [-0.3, -0.25) is 0 Å². The second kappa shape index (κ2) is 10.7. The minimum Gasteiger partial charge on any atom is -0.390 e. The standard InChI is InChI=1S/C26H32ClN7O2S2/c1-25(2,3)38(36)33-22-18-5-4-17(27)12-16(18)13-26(22)7-10-34(11-8-26)23-19(15-35)31-21(14-30-23)37-20-6-9-29-24(28)32-20/h4-6,9,12,14,22,33,35H,7-8,10-11,13,15H2,1-3H3,(H2,28,29,32)/t22-,38?/m1/s1. The van der Waals surface area contributed by atoms with Gasteiger partial charge in [0, 0.05) is 24.3 Å². The summed E-state index contributed by atoms with van der Waals surface area (Å²) in [7, 11) is -1.21. The highest BCUT2D eigenvalue weighted by Gasteiger charge is 2.49. The summed E-state index contributed by atoms with van der Waals surface area (Å²) in [5.41, 5.74) is 8.53. The molecule has 0 saturated carbocycles. The molecule has 3 aromatic rings. The van der Waals surface area contributed by atoms with E-state index in [2.05, 4.69) is 35.6 Å². The summed E-state index contributed by atoms with van der Waals surface area (Å²) in [4.78, 5) is 19.6. The zero-order valence-corrected chi connectivity index (χ0v) is 24.0. The Hall–Kier alpha value is -2.31. The molecule has 9 nitrogen and oxygen atoms in total. The summed E-state index contributed by atoms with van der Waals surface area (Å²) in [5.74, 6) is 0.884. The predicted molar refractivity (Wildman–Crippen MR) is 151 cm³/mol. The van der Waals surface area contributed by atoms with Crippen LogP contribution in [0.4, 0.5) is 11.8 Å². The van der Waals surface area contributed by atoms with E-state index < -0.39 is 11.0 Å². The minimum atomic E-state index is -1.21. The van der Waals surface area contributed by atoms with Crippen LogP contribution in [-0.4, -0.2) is 47.1 Å². The van der Waals surface area contributed by atoms with E-state index in [-0.39, 0.29) is 28.8 Å². The Kier molecular flexibility index (Phi) is 7.67. The first-order valence-electron chi connectivity index (χ1n) is 12.5. The van der Waals surface area contributed by atoms with Gasteiger partial charge in [0.15, 0.2) is 5.82 Å². The molecule has 0 radical (unpaired) electrons. The number of fused-ring (bicyclic) bond motifs is 1. The van der Waals surface area contributed by atoms with Crippen LogP contribution in [0.25, 0.3) is 0 Å².